The maximum atomic E-state index is 12.6. The second-order valence-corrected chi connectivity index (χ2v) is 4.07. The molecule has 2 heteroatoms. The second-order valence-electron chi connectivity index (χ2n) is 4.07. The summed E-state index contributed by atoms with van der Waals surface area (Å²) in [6, 6.07) is 5.43. The Labute approximate surface area is 77.6 Å². The predicted molar refractivity (Wildman–Crippen MR) is 50.6 cm³/mol. The monoisotopic (exact) mass is 180 g/mol. The van der Waals surface area contributed by atoms with Crippen LogP contribution in [0.5, 0.6) is 0 Å². The van der Waals surface area contributed by atoms with E-state index in [1.807, 2.05) is 26.8 Å². The van der Waals surface area contributed by atoms with Gasteiger partial charge in [0.1, 0.15) is 0 Å². The Bertz CT molecular complexity index is 323. The van der Waals surface area contributed by atoms with Crippen molar-refractivity contribution in [1.29, 1.82) is 0 Å². The average molecular weight is 180 g/mol. The molecule has 0 bridgehead atoms. The Morgan fingerprint density at radius 2 is 1.77 bits per heavy atom. The van der Waals surface area contributed by atoms with Gasteiger partial charge in [0.25, 0.3) is 0 Å². The van der Waals surface area contributed by atoms with Gasteiger partial charge in [-0.05, 0) is 17.0 Å². The fourth-order valence-corrected chi connectivity index (χ4v) is 1.31. The van der Waals surface area contributed by atoms with Crippen molar-refractivity contribution in [1.82, 2.24) is 0 Å². The molecule has 70 valence electrons. The molecule has 0 saturated carbocycles. The van der Waals surface area contributed by atoms with E-state index in [0.29, 0.717) is 0 Å². The Morgan fingerprint density at radius 3 is 2.15 bits per heavy atom. The molecule has 1 nitrogen and oxygen atoms in total. The number of hydrogen-bond acceptors (Lipinski definition) is 1. The van der Waals surface area contributed by atoms with Gasteiger partial charge in [-0.25, -0.2) is 0 Å². The van der Waals surface area contributed by atoms with Gasteiger partial charge in [-0.3, -0.25) is 4.79 Å². The van der Waals surface area contributed by atoms with Gasteiger partial charge in [-0.15, -0.1) is 0 Å². The van der Waals surface area contributed by atoms with Gasteiger partial charge in [0, 0.05) is 0 Å². The summed E-state index contributed by atoms with van der Waals surface area (Å²) in [4.78, 5) is 10.6. The molecule has 0 spiro atoms. The van der Waals surface area contributed by atoms with Crippen LogP contribution in [0.3, 0.4) is 0 Å². The SMILES string of the molecule is CC(C)(C)c1ccccc1C(=O)F. The van der Waals surface area contributed by atoms with E-state index in [1.165, 1.54) is 6.07 Å². The van der Waals surface area contributed by atoms with E-state index < -0.39 is 6.04 Å². The van der Waals surface area contributed by atoms with Crippen LogP contribution in [0.15, 0.2) is 24.3 Å². The molecule has 0 atom stereocenters. The van der Waals surface area contributed by atoms with Crippen molar-refractivity contribution < 1.29 is 9.18 Å². The van der Waals surface area contributed by atoms with Crippen molar-refractivity contribution in [2.45, 2.75) is 26.2 Å². The molecule has 0 N–H and O–H groups in total. The summed E-state index contributed by atoms with van der Waals surface area (Å²) in [6.07, 6.45) is 0. The summed E-state index contributed by atoms with van der Waals surface area (Å²) < 4.78 is 12.6. The Hall–Kier alpha value is -1.18. The summed E-state index contributed by atoms with van der Waals surface area (Å²) in [5.74, 6) is 0. The molecule has 0 aromatic heterocycles. The summed E-state index contributed by atoms with van der Waals surface area (Å²) in [5, 5.41) is 0. The summed E-state index contributed by atoms with van der Waals surface area (Å²) in [7, 11) is 0. The van der Waals surface area contributed by atoms with E-state index in [1.54, 1.807) is 12.1 Å². The lowest BCUT2D eigenvalue weighted by Gasteiger charge is -2.20. The van der Waals surface area contributed by atoms with Crippen LogP contribution in [0.2, 0.25) is 0 Å². The van der Waals surface area contributed by atoms with Gasteiger partial charge in [0.05, 0.1) is 5.56 Å². The number of carbonyl (C=O) groups excluding carboxylic acids is 1. The molecule has 0 unspecified atom stereocenters. The Morgan fingerprint density at radius 1 is 1.23 bits per heavy atom. The third-order valence-corrected chi connectivity index (χ3v) is 1.95. The number of rotatable bonds is 1. The molecule has 0 heterocycles. The molecule has 0 radical (unpaired) electrons. The lowest BCUT2D eigenvalue weighted by atomic mass is 9.84. The lowest BCUT2D eigenvalue weighted by Crippen LogP contribution is -2.15. The van der Waals surface area contributed by atoms with Crippen LogP contribution in [0.4, 0.5) is 4.39 Å². The fourth-order valence-electron chi connectivity index (χ4n) is 1.31. The zero-order chi connectivity index (χ0) is 10.1. The van der Waals surface area contributed by atoms with Gasteiger partial charge < -0.3 is 0 Å². The van der Waals surface area contributed by atoms with Crippen molar-refractivity contribution in [3.05, 3.63) is 35.4 Å². The largest absolute Gasteiger partial charge is 0.332 e. The number of benzene rings is 1. The third kappa shape index (κ3) is 2.14. The first-order chi connectivity index (χ1) is 5.93. The molecule has 0 saturated heterocycles. The molecule has 13 heavy (non-hydrogen) atoms. The van der Waals surface area contributed by atoms with Crippen molar-refractivity contribution in [3.8, 4) is 0 Å². The average Bonchev–Trinajstić information content (AvgIpc) is 2.03. The van der Waals surface area contributed by atoms with E-state index in [2.05, 4.69) is 0 Å². The minimum absolute atomic E-state index is 0.176. The quantitative estimate of drug-likeness (QED) is 0.607. The lowest BCUT2D eigenvalue weighted by molar-refractivity contribution is 0.0833. The van der Waals surface area contributed by atoms with Gasteiger partial charge >= 0.3 is 6.04 Å². The van der Waals surface area contributed by atoms with E-state index in [-0.39, 0.29) is 11.0 Å². The minimum Gasteiger partial charge on any atom is -0.255 e. The van der Waals surface area contributed by atoms with Crippen molar-refractivity contribution >= 4 is 6.04 Å². The van der Waals surface area contributed by atoms with E-state index >= 15 is 0 Å². The summed E-state index contributed by atoms with van der Waals surface area (Å²) >= 11 is 0. The van der Waals surface area contributed by atoms with Crippen molar-refractivity contribution in [3.63, 3.8) is 0 Å². The fraction of sp³-hybridized carbons (Fsp3) is 0.364. The number of hydrogen-bond donors (Lipinski definition) is 0. The molecular formula is C11H13FO. The summed E-state index contributed by atoms with van der Waals surface area (Å²) in [5.41, 5.74) is 0.732. The molecular weight excluding hydrogens is 167 g/mol. The van der Waals surface area contributed by atoms with Crippen molar-refractivity contribution in [2.75, 3.05) is 0 Å². The standard InChI is InChI=1S/C11H13FO/c1-11(2,3)9-7-5-4-6-8(9)10(12)13/h4-7H,1-3H3. The Balaban J connectivity index is 3.28. The van der Waals surface area contributed by atoms with Crippen LogP contribution in [-0.2, 0) is 5.41 Å². The zero-order valence-electron chi connectivity index (χ0n) is 8.10. The maximum absolute atomic E-state index is 12.6. The van der Waals surface area contributed by atoms with Gasteiger partial charge in [0.2, 0.25) is 0 Å². The second kappa shape index (κ2) is 3.29. The van der Waals surface area contributed by atoms with Gasteiger partial charge in [-0.1, -0.05) is 39.0 Å². The van der Waals surface area contributed by atoms with Crippen LogP contribution in [0, 0.1) is 0 Å². The molecule has 0 aliphatic carbocycles. The van der Waals surface area contributed by atoms with Gasteiger partial charge in [0.15, 0.2) is 0 Å². The van der Waals surface area contributed by atoms with Crippen LogP contribution < -0.4 is 0 Å². The first-order valence-electron chi connectivity index (χ1n) is 4.22. The van der Waals surface area contributed by atoms with Crippen LogP contribution >= 0.6 is 0 Å². The Kier molecular flexibility index (Phi) is 2.50. The van der Waals surface area contributed by atoms with E-state index in [4.69, 9.17) is 0 Å². The molecule has 0 amide bonds. The maximum Gasteiger partial charge on any atom is 0.332 e. The normalized spacial score (nSPS) is 11.4. The van der Waals surface area contributed by atoms with E-state index in [9.17, 15) is 9.18 Å². The predicted octanol–water partition coefficient (Wildman–Crippen LogP) is 3.09. The van der Waals surface area contributed by atoms with Crippen LogP contribution in [-0.4, -0.2) is 6.04 Å². The first-order valence-corrected chi connectivity index (χ1v) is 4.22. The highest BCUT2D eigenvalue weighted by molar-refractivity contribution is 5.90. The highest BCUT2D eigenvalue weighted by atomic mass is 19.1. The van der Waals surface area contributed by atoms with Crippen LogP contribution in [0.1, 0.15) is 36.7 Å². The molecule has 1 rings (SSSR count). The molecule has 0 aliphatic heterocycles. The summed E-state index contributed by atoms with van der Waals surface area (Å²) in [6.45, 7) is 5.86. The topological polar surface area (TPSA) is 17.1 Å². The molecule has 1 aromatic carbocycles. The molecule has 1 aromatic rings. The highest BCUT2D eigenvalue weighted by Gasteiger charge is 2.20. The minimum atomic E-state index is -1.36. The van der Waals surface area contributed by atoms with E-state index in [0.717, 1.165) is 5.56 Å². The third-order valence-electron chi connectivity index (χ3n) is 1.95. The molecule has 0 aliphatic rings. The molecule has 0 fully saturated rings. The number of carbonyl (C=O) groups is 1. The first kappa shape index (κ1) is 9.90. The van der Waals surface area contributed by atoms with Crippen molar-refractivity contribution in [2.24, 2.45) is 0 Å². The van der Waals surface area contributed by atoms with Gasteiger partial charge in [-0.2, -0.15) is 4.39 Å². The zero-order valence-corrected chi connectivity index (χ0v) is 8.10. The smallest absolute Gasteiger partial charge is 0.255 e. The highest BCUT2D eigenvalue weighted by Crippen LogP contribution is 2.25. The number of halogens is 1. The van der Waals surface area contributed by atoms with Crippen LogP contribution in [0.25, 0.3) is 0 Å².